The van der Waals surface area contributed by atoms with Crippen LogP contribution in [0, 0.1) is 0 Å². The first-order valence-corrected chi connectivity index (χ1v) is 1.96. The molecule has 38 valence electrons. The molecule has 1 fully saturated rings. The van der Waals surface area contributed by atoms with Crippen LogP contribution in [0.15, 0.2) is 5.10 Å². The van der Waals surface area contributed by atoms with E-state index in [0.29, 0.717) is 0 Å². The number of ether oxygens (including phenoxy) is 1. The van der Waals surface area contributed by atoms with E-state index in [1.807, 2.05) is 0 Å². The first-order chi connectivity index (χ1) is 3.47. The third-order valence-electron chi connectivity index (χ3n) is 0.831. The smallest absolute Gasteiger partial charge is 0.268 e. The summed E-state index contributed by atoms with van der Waals surface area (Å²) < 4.78 is 4.79. The van der Waals surface area contributed by atoms with E-state index in [9.17, 15) is 0 Å². The van der Waals surface area contributed by atoms with E-state index in [-0.39, 0.29) is 6.23 Å². The van der Waals surface area contributed by atoms with Crippen LogP contribution >= 0.6 is 0 Å². The van der Waals surface area contributed by atoms with Gasteiger partial charge in [0.1, 0.15) is 0 Å². The molecule has 0 aromatic rings. The number of hydrogen-bond acceptors (Lipinski definition) is 5. The van der Waals surface area contributed by atoms with Crippen LogP contribution in [0.2, 0.25) is 0 Å². The summed E-state index contributed by atoms with van der Waals surface area (Å²) in [5, 5.41) is 3.67. The van der Waals surface area contributed by atoms with Gasteiger partial charge in [-0.25, -0.2) is 5.53 Å². The normalized spacial score (nSPS) is 34.3. The van der Waals surface area contributed by atoms with Crippen LogP contribution in [-0.2, 0) is 4.74 Å². The van der Waals surface area contributed by atoms with Crippen LogP contribution in [0.1, 0.15) is 0 Å². The molecule has 3 N–H and O–H groups in total. The van der Waals surface area contributed by atoms with Gasteiger partial charge in [-0.1, -0.05) is 0 Å². The quantitative estimate of drug-likeness (QED) is 0.316. The molecule has 0 aromatic heterocycles. The van der Waals surface area contributed by atoms with Crippen LogP contribution in [-0.4, -0.2) is 12.1 Å². The number of hydrazone groups is 1. The molecule has 0 amide bonds. The van der Waals surface area contributed by atoms with Crippen LogP contribution in [0.3, 0.4) is 0 Å². The molecule has 1 unspecified atom stereocenters. The molecule has 1 saturated heterocycles. The predicted molar refractivity (Wildman–Crippen MR) is 21.7 cm³/mol. The lowest BCUT2D eigenvalue weighted by Gasteiger charge is -2.00. The van der Waals surface area contributed by atoms with Gasteiger partial charge >= 0.3 is 0 Å². The van der Waals surface area contributed by atoms with Gasteiger partial charge in [-0.15, -0.1) is 5.10 Å². The fraction of sp³-hybridized carbons (Fsp3) is 0.500. The third kappa shape index (κ3) is 0.355. The predicted octanol–water partition coefficient (Wildman–Crippen LogP) is -1.73. The van der Waals surface area contributed by atoms with E-state index in [2.05, 4.69) is 21.6 Å². The summed E-state index contributed by atoms with van der Waals surface area (Å²) in [6.07, 6.45) is 0.0289. The fourth-order valence-electron chi connectivity index (χ4n) is 0.444. The van der Waals surface area contributed by atoms with Gasteiger partial charge in [0.15, 0.2) is 0 Å². The van der Waals surface area contributed by atoms with Crippen molar-refractivity contribution in [1.29, 1.82) is 0 Å². The van der Waals surface area contributed by atoms with Gasteiger partial charge in [0.2, 0.25) is 6.23 Å². The van der Waals surface area contributed by atoms with Crippen molar-refractivity contribution < 1.29 is 4.74 Å². The number of rotatable bonds is 0. The van der Waals surface area contributed by atoms with Gasteiger partial charge in [-0.05, 0) is 0 Å². The van der Waals surface area contributed by atoms with E-state index in [4.69, 9.17) is 4.74 Å². The minimum absolute atomic E-state index is 0.0289. The van der Waals surface area contributed by atoms with Crippen molar-refractivity contribution in [3.05, 3.63) is 0 Å². The standard InChI is InChI=1S/C2H4N4O/c3-1-2(7-1)4-6-5-3/h1,3,5-6H. The Morgan fingerprint density at radius 1 is 1.71 bits per heavy atom. The van der Waals surface area contributed by atoms with Crippen molar-refractivity contribution in [2.45, 2.75) is 6.23 Å². The minimum atomic E-state index is 0.0289. The zero-order valence-electron chi connectivity index (χ0n) is 3.43. The highest BCUT2D eigenvalue weighted by Gasteiger charge is 2.37. The van der Waals surface area contributed by atoms with Crippen molar-refractivity contribution in [3.8, 4) is 0 Å². The van der Waals surface area contributed by atoms with Gasteiger partial charge in [-0.3, -0.25) is 0 Å². The van der Waals surface area contributed by atoms with Gasteiger partial charge < -0.3 is 4.74 Å². The summed E-state index contributed by atoms with van der Waals surface area (Å²) in [7, 11) is 0. The molecule has 7 heavy (non-hydrogen) atoms. The topological polar surface area (TPSA) is 61.0 Å². The summed E-state index contributed by atoms with van der Waals surface area (Å²) in [6.45, 7) is 0. The number of hydrogen-bond donors (Lipinski definition) is 3. The Balaban J connectivity index is 2.19. The van der Waals surface area contributed by atoms with Gasteiger partial charge in [0.25, 0.3) is 5.90 Å². The first kappa shape index (κ1) is 3.23. The average molecular weight is 100 g/mol. The maximum Gasteiger partial charge on any atom is 0.268 e. The molecule has 5 heteroatoms. The first-order valence-electron chi connectivity index (χ1n) is 1.96. The highest BCUT2D eigenvalue weighted by molar-refractivity contribution is 5.92. The molecule has 0 aliphatic carbocycles. The Labute approximate surface area is 39.7 Å². The molecule has 2 rings (SSSR count). The Morgan fingerprint density at radius 3 is 3.29 bits per heavy atom. The molecule has 1 atom stereocenters. The molecular weight excluding hydrogens is 96.0 g/mol. The average Bonchev–Trinajstić information content (AvgIpc) is 2.41. The second-order valence-corrected chi connectivity index (χ2v) is 1.33. The summed E-state index contributed by atoms with van der Waals surface area (Å²) >= 11 is 0. The largest absolute Gasteiger partial charge is 0.446 e. The SMILES string of the molecule is N1=C2OC2NNN1. The summed E-state index contributed by atoms with van der Waals surface area (Å²) in [5.41, 5.74) is 7.78. The highest BCUT2D eigenvalue weighted by atomic mass is 16.6. The third-order valence-corrected chi connectivity index (χ3v) is 0.831. The Kier molecular flexibility index (Phi) is 0.404. The Hall–Kier alpha value is -0.810. The number of fused-ring (bicyclic) bond motifs is 1. The van der Waals surface area contributed by atoms with Crippen LogP contribution in [0.25, 0.3) is 0 Å². The van der Waals surface area contributed by atoms with Gasteiger partial charge in [-0.2, -0.15) is 11.0 Å². The molecular formula is C2H4N4O. The van der Waals surface area contributed by atoms with Crippen molar-refractivity contribution in [2.75, 3.05) is 0 Å². The van der Waals surface area contributed by atoms with E-state index in [1.54, 1.807) is 0 Å². The highest BCUT2D eigenvalue weighted by Crippen LogP contribution is 2.09. The maximum absolute atomic E-state index is 4.79. The van der Waals surface area contributed by atoms with Crippen LogP contribution in [0.4, 0.5) is 0 Å². The Bertz CT molecular complexity index is 121. The molecule has 2 aliphatic rings. The van der Waals surface area contributed by atoms with E-state index in [1.165, 1.54) is 0 Å². The van der Waals surface area contributed by atoms with Crippen molar-refractivity contribution >= 4 is 5.90 Å². The maximum atomic E-state index is 4.79. The fourth-order valence-corrected chi connectivity index (χ4v) is 0.444. The molecule has 5 nitrogen and oxygen atoms in total. The molecule has 0 radical (unpaired) electrons. The monoisotopic (exact) mass is 100 g/mol. The van der Waals surface area contributed by atoms with Crippen molar-refractivity contribution in [1.82, 2.24) is 16.5 Å². The molecule has 0 saturated carbocycles. The number of hydrazine groups is 2. The number of nitrogens with zero attached hydrogens (tertiary/aromatic N) is 1. The van der Waals surface area contributed by atoms with Crippen molar-refractivity contribution in [3.63, 3.8) is 0 Å². The van der Waals surface area contributed by atoms with E-state index in [0.717, 1.165) is 5.90 Å². The lowest BCUT2D eigenvalue weighted by atomic mass is 10.7. The Morgan fingerprint density at radius 2 is 2.71 bits per heavy atom. The second kappa shape index (κ2) is 0.877. The minimum Gasteiger partial charge on any atom is -0.446 e. The second-order valence-electron chi connectivity index (χ2n) is 1.33. The number of epoxide rings is 1. The zero-order chi connectivity index (χ0) is 4.69. The molecule has 0 spiro atoms. The molecule has 0 aromatic carbocycles. The summed E-state index contributed by atoms with van der Waals surface area (Å²) in [5.74, 6) is 0.721. The molecule has 0 bridgehead atoms. The van der Waals surface area contributed by atoms with Crippen molar-refractivity contribution in [2.24, 2.45) is 5.10 Å². The van der Waals surface area contributed by atoms with Crippen LogP contribution < -0.4 is 16.5 Å². The summed E-state index contributed by atoms with van der Waals surface area (Å²) in [4.78, 5) is 0. The molecule has 2 heterocycles. The van der Waals surface area contributed by atoms with E-state index < -0.39 is 0 Å². The summed E-state index contributed by atoms with van der Waals surface area (Å²) in [6, 6.07) is 0. The van der Waals surface area contributed by atoms with E-state index >= 15 is 0 Å². The number of nitrogens with one attached hydrogen (secondary N) is 3. The van der Waals surface area contributed by atoms with Crippen LogP contribution in [0.5, 0.6) is 0 Å². The molecule has 2 aliphatic heterocycles. The lowest BCUT2D eigenvalue weighted by Crippen LogP contribution is -2.45. The lowest BCUT2D eigenvalue weighted by molar-refractivity contribution is 0.333. The van der Waals surface area contributed by atoms with Gasteiger partial charge in [0, 0.05) is 0 Å². The zero-order valence-corrected chi connectivity index (χ0v) is 3.43. The van der Waals surface area contributed by atoms with Gasteiger partial charge in [0.05, 0.1) is 0 Å².